The highest BCUT2D eigenvalue weighted by Gasteiger charge is 1.94. The summed E-state index contributed by atoms with van der Waals surface area (Å²) in [7, 11) is 0. The van der Waals surface area contributed by atoms with Crippen molar-refractivity contribution in [2.75, 3.05) is 11.9 Å². The van der Waals surface area contributed by atoms with Crippen LogP contribution in [0.25, 0.3) is 0 Å². The minimum Gasteiger partial charge on any atom is -0.385 e. The van der Waals surface area contributed by atoms with E-state index in [2.05, 4.69) is 18.3 Å². The van der Waals surface area contributed by atoms with E-state index >= 15 is 0 Å². The monoisotopic (exact) mass is 244 g/mol. The van der Waals surface area contributed by atoms with Gasteiger partial charge in [-0.2, -0.15) is 5.26 Å². The summed E-state index contributed by atoms with van der Waals surface area (Å²) in [5.74, 6) is 0. The molecule has 2 heteroatoms. The lowest BCUT2D eigenvalue weighted by molar-refractivity contribution is 0.596. The Hall–Kier alpha value is -1.49. The number of benzene rings is 1. The lowest BCUT2D eigenvalue weighted by Gasteiger charge is -2.06. The molecular weight excluding hydrogens is 220 g/mol. The molecule has 0 saturated carbocycles. The third kappa shape index (κ3) is 6.30. The topological polar surface area (TPSA) is 35.8 Å². The van der Waals surface area contributed by atoms with Crippen LogP contribution in [0.2, 0.25) is 0 Å². The quantitative estimate of drug-likeness (QED) is 0.638. The molecule has 0 aliphatic carbocycles. The standard InChI is InChI=1S/C16H24N2/c1-2-3-4-5-6-7-8-12-18-16-11-9-10-15(13-16)14-17/h9-11,13,18H,2-8,12H2,1H3. The van der Waals surface area contributed by atoms with Crippen molar-refractivity contribution in [2.24, 2.45) is 0 Å². The van der Waals surface area contributed by atoms with Crippen molar-refractivity contribution in [2.45, 2.75) is 51.9 Å². The van der Waals surface area contributed by atoms with Crippen molar-refractivity contribution < 1.29 is 0 Å². The number of nitrogens with one attached hydrogen (secondary N) is 1. The molecule has 0 saturated heterocycles. The Morgan fingerprint density at radius 1 is 1.06 bits per heavy atom. The molecule has 18 heavy (non-hydrogen) atoms. The Labute approximate surface area is 111 Å². The smallest absolute Gasteiger partial charge is 0.0992 e. The largest absolute Gasteiger partial charge is 0.385 e. The zero-order valence-electron chi connectivity index (χ0n) is 11.4. The fourth-order valence-corrected chi connectivity index (χ4v) is 2.01. The van der Waals surface area contributed by atoms with Crippen LogP contribution in [0, 0.1) is 11.3 Å². The van der Waals surface area contributed by atoms with Crippen LogP contribution in [0.3, 0.4) is 0 Å². The molecule has 0 bridgehead atoms. The van der Waals surface area contributed by atoms with Gasteiger partial charge in [0.15, 0.2) is 0 Å². The molecule has 0 unspecified atom stereocenters. The molecule has 1 aromatic rings. The number of nitriles is 1. The molecule has 0 atom stereocenters. The Bertz CT molecular complexity index is 366. The summed E-state index contributed by atoms with van der Waals surface area (Å²) in [5.41, 5.74) is 1.78. The number of hydrogen-bond acceptors (Lipinski definition) is 2. The summed E-state index contributed by atoms with van der Waals surface area (Å²) in [6.45, 7) is 3.25. The van der Waals surface area contributed by atoms with Gasteiger partial charge in [0.1, 0.15) is 0 Å². The molecule has 0 fully saturated rings. The zero-order valence-corrected chi connectivity index (χ0v) is 11.4. The Morgan fingerprint density at radius 2 is 1.78 bits per heavy atom. The van der Waals surface area contributed by atoms with E-state index in [0.717, 1.165) is 17.8 Å². The fraction of sp³-hybridized carbons (Fsp3) is 0.562. The predicted octanol–water partition coefficient (Wildman–Crippen LogP) is 4.72. The van der Waals surface area contributed by atoms with E-state index in [1.165, 1.54) is 44.9 Å². The molecule has 0 spiro atoms. The van der Waals surface area contributed by atoms with E-state index in [1.807, 2.05) is 24.3 Å². The highest BCUT2D eigenvalue weighted by molar-refractivity contribution is 5.48. The Balaban J connectivity index is 2.05. The van der Waals surface area contributed by atoms with Crippen LogP contribution in [0.15, 0.2) is 24.3 Å². The summed E-state index contributed by atoms with van der Waals surface area (Å²) in [5, 5.41) is 12.2. The van der Waals surface area contributed by atoms with Crippen molar-refractivity contribution >= 4 is 5.69 Å². The molecule has 0 aliphatic rings. The van der Waals surface area contributed by atoms with E-state index in [9.17, 15) is 0 Å². The van der Waals surface area contributed by atoms with Gasteiger partial charge in [-0.15, -0.1) is 0 Å². The second-order valence-electron chi connectivity index (χ2n) is 4.74. The summed E-state index contributed by atoms with van der Waals surface area (Å²) >= 11 is 0. The third-order valence-electron chi connectivity index (χ3n) is 3.10. The van der Waals surface area contributed by atoms with Gasteiger partial charge in [-0.25, -0.2) is 0 Å². The molecule has 0 aliphatic heterocycles. The van der Waals surface area contributed by atoms with Gasteiger partial charge in [-0.05, 0) is 24.6 Å². The van der Waals surface area contributed by atoms with Gasteiger partial charge in [-0.1, -0.05) is 51.5 Å². The molecular formula is C16H24N2. The van der Waals surface area contributed by atoms with E-state index < -0.39 is 0 Å². The van der Waals surface area contributed by atoms with Crippen LogP contribution in [0.1, 0.15) is 57.4 Å². The van der Waals surface area contributed by atoms with Crippen molar-refractivity contribution in [3.8, 4) is 6.07 Å². The lowest BCUT2D eigenvalue weighted by Crippen LogP contribution is -2.01. The van der Waals surface area contributed by atoms with Gasteiger partial charge in [0, 0.05) is 12.2 Å². The number of unbranched alkanes of at least 4 members (excludes halogenated alkanes) is 6. The average molecular weight is 244 g/mol. The number of hydrogen-bond donors (Lipinski definition) is 1. The first-order chi connectivity index (χ1) is 8.86. The minimum absolute atomic E-state index is 0.722. The van der Waals surface area contributed by atoms with Crippen LogP contribution in [-0.2, 0) is 0 Å². The first kappa shape index (κ1) is 14.6. The SMILES string of the molecule is CCCCCCCCCNc1cccc(C#N)c1. The van der Waals surface area contributed by atoms with Gasteiger partial charge in [0.2, 0.25) is 0 Å². The molecule has 0 heterocycles. The number of nitrogens with zero attached hydrogens (tertiary/aromatic N) is 1. The molecule has 2 nitrogen and oxygen atoms in total. The van der Waals surface area contributed by atoms with E-state index in [-0.39, 0.29) is 0 Å². The van der Waals surface area contributed by atoms with Gasteiger partial charge in [0.25, 0.3) is 0 Å². The summed E-state index contributed by atoms with van der Waals surface area (Å²) in [4.78, 5) is 0. The van der Waals surface area contributed by atoms with Crippen LogP contribution < -0.4 is 5.32 Å². The zero-order chi connectivity index (χ0) is 13.1. The van der Waals surface area contributed by atoms with Crippen LogP contribution in [0.5, 0.6) is 0 Å². The van der Waals surface area contributed by atoms with E-state index in [1.54, 1.807) is 0 Å². The van der Waals surface area contributed by atoms with Crippen molar-refractivity contribution in [1.82, 2.24) is 0 Å². The van der Waals surface area contributed by atoms with Crippen molar-refractivity contribution in [1.29, 1.82) is 5.26 Å². The third-order valence-corrected chi connectivity index (χ3v) is 3.10. The van der Waals surface area contributed by atoms with Crippen LogP contribution in [-0.4, -0.2) is 6.54 Å². The number of anilines is 1. The van der Waals surface area contributed by atoms with Gasteiger partial charge in [-0.3, -0.25) is 0 Å². The maximum atomic E-state index is 8.80. The normalized spacial score (nSPS) is 10.0. The Kier molecular flexibility index (Phi) is 7.72. The predicted molar refractivity (Wildman–Crippen MR) is 77.6 cm³/mol. The summed E-state index contributed by atoms with van der Waals surface area (Å²) < 4.78 is 0. The van der Waals surface area contributed by atoms with Crippen molar-refractivity contribution in [3.05, 3.63) is 29.8 Å². The van der Waals surface area contributed by atoms with E-state index in [0.29, 0.717) is 0 Å². The van der Waals surface area contributed by atoms with Crippen molar-refractivity contribution in [3.63, 3.8) is 0 Å². The molecule has 0 aromatic heterocycles. The van der Waals surface area contributed by atoms with Crippen LogP contribution >= 0.6 is 0 Å². The van der Waals surface area contributed by atoms with E-state index in [4.69, 9.17) is 5.26 Å². The second kappa shape index (κ2) is 9.53. The maximum Gasteiger partial charge on any atom is 0.0992 e. The van der Waals surface area contributed by atoms with Crippen LogP contribution in [0.4, 0.5) is 5.69 Å². The minimum atomic E-state index is 0.722. The first-order valence-corrected chi connectivity index (χ1v) is 7.11. The molecule has 1 rings (SSSR count). The molecule has 1 aromatic carbocycles. The first-order valence-electron chi connectivity index (χ1n) is 7.11. The fourth-order valence-electron chi connectivity index (χ4n) is 2.01. The molecule has 0 radical (unpaired) electrons. The highest BCUT2D eigenvalue weighted by atomic mass is 14.9. The summed E-state index contributed by atoms with van der Waals surface area (Å²) in [6.07, 6.45) is 9.30. The molecule has 0 amide bonds. The second-order valence-corrected chi connectivity index (χ2v) is 4.74. The maximum absolute atomic E-state index is 8.80. The van der Waals surface area contributed by atoms with Gasteiger partial charge in [0.05, 0.1) is 11.6 Å². The summed E-state index contributed by atoms with van der Waals surface area (Å²) in [6, 6.07) is 9.83. The van der Waals surface area contributed by atoms with Gasteiger partial charge >= 0.3 is 0 Å². The lowest BCUT2D eigenvalue weighted by atomic mass is 10.1. The Morgan fingerprint density at radius 3 is 2.50 bits per heavy atom. The molecule has 1 N–H and O–H groups in total. The number of rotatable bonds is 9. The van der Waals surface area contributed by atoms with Gasteiger partial charge < -0.3 is 5.32 Å². The molecule has 98 valence electrons. The average Bonchev–Trinajstić information content (AvgIpc) is 2.42. The highest BCUT2D eigenvalue weighted by Crippen LogP contribution is 2.11.